The summed E-state index contributed by atoms with van der Waals surface area (Å²) in [6.45, 7) is 1.67. The first-order valence-electron chi connectivity index (χ1n) is 8.63. The second kappa shape index (κ2) is 6.25. The Morgan fingerprint density at radius 3 is 2.37 bits per heavy atom. The highest BCUT2D eigenvalue weighted by atomic mass is 16.5. The Morgan fingerprint density at radius 1 is 1.04 bits per heavy atom. The molecule has 0 bridgehead atoms. The third kappa shape index (κ3) is 2.37. The van der Waals surface area contributed by atoms with E-state index in [0.717, 1.165) is 0 Å². The molecule has 1 aromatic heterocycles. The summed E-state index contributed by atoms with van der Waals surface area (Å²) in [5.41, 5.74) is 1.92. The lowest BCUT2D eigenvalue weighted by molar-refractivity contribution is 0.104. The third-order valence-corrected chi connectivity index (χ3v) is 4.88. The van der Waals surface area contributed by atoms with E-state index in [0.29, 0.717) is 33.5 Å². The van der Waals surface area contributed by atoms with Crippen molar-refractivity contribution in [2.45, 2.75) is 19.6 Å². The maximum Gasteiger partial charge on any atom is 0.262 e. The number of carbonyl (C=O) groups is 1. The number of methoxy groups -OCH3 is 2. The molecule has 4 rings (SSSR count). The number of benzene rings is 2. The predicted octanol–water partition coefficient (Wildman–Crippen LogP) is 2.61. The van der Waals surface area contributed by atoms with Crippen LogP contribution < -0.4 is 15.0 Å². The Bertz CT molecular complexity index is 1140. The third-order valence-electron chi connectivity index (χ3n) is 4.88. The summed E-state index contributed by atoms with van der Waals surface area (Å²) in [6.07, 6.45) is -0.760. The van der Waals surface area contributed by atoms with Gasteiger partial charge < -0.3 is 19.1 Å². The van der Waals surface area contributed by atoms with Crippen molar-refractivity contribution in [3.05, 3.63) is 57.9 Å². The number of carbonyl (C=O) groups excluding carboxylic acids is 1. The largest absolute Gasteiger partial charge is 0.493 e. The van der Waals surface area contributed by atoms with Gasteiger partial charge in [0.05, 0.1) is 43.5 Å². The molecule has 0 amide bonds. The molecule has 2 aromatic carbocycles. The molecular formula is C21H19NO5. The maximum atomic E-state index is 13.4. The lowest BCUT2D eigenvalue weighted by Crippen LogP contribution is -2.28. The van der Waals surface area contributed by atoms with Crippen LogP contribution in [0, 0.1) is 0 Å². The second-order valence-electron chi connectivity index (χ2n) is 6.59. The summed E-state index contributed by atoms with van der Waals surface area (Å²) in [6, 6.07) is 10.6. The molecule has 0 aliphatic heterocycles. The van der Waals surface area contributed by atoms with E-state index in [4.69, 9.17) is 9.47 Å². The van der Waals surface area contributed by atoms with Crippen molar-refractivity contribution < 1.29 is 19.4 Å². The molecule has 0 saturated heterocycles. The number of fused-ring (bicyclic) bond motifs is 5. The molecule has 0 unspecified atom stereocenters. The monoisotopic (exact) mass is 365 g/mol. The quantitative estimate of drug-likeness (QED) is 0.601. The first kappa shape index (κ1) is 17.3. The fourth-order valence-electron chi connectivity index (χ4n) is 3.82. The van der Waals surface area contributed by atoms with Crippen molar-refractivity contribution in [3.63, 3.8) is 0 Å². The van der Waals surface area contributed by atoms with Gasteiger partial charge in [-0.3, -0.25) is 9.59 Å². The Morgan fingerprint density at radius 2 is 1.74 bits per heavy atom. The summed E-state index contributed by atoms with van der Waals surface area (Å²) in [7, 11) is 2.95. The number of ether oxygens (including phenoxy) is 2. The molecule has 0 radical (unpaired) electrons. The first-order chi connectivity index (χ1) is 13.0. The van der Waals surface area contributed by atoms with Gasteiger partial charge >= 0.3 is 0 Å². The van der Waals surface area contributed by atoms with Crippen molar-refractivity contribution in [3.8, 4) is 22.8 Å². The van der Waals surface area contributed by atoms with Gasteiger partial charge in [0.1, 0.15) is 0 Å². The Labute approximate surface area is 155 Å². The normalized spacial score (nSPS) is 13.4. The van der Waals surface area contributed by atoms with E-state index in [1.54, 1.807) is 31.2 Å². The van der Waals surface area contributed by atoms with Crippen LogP contribution in [0.1, 0.15) is 22.8 Å². The maximum absolute atomic E-state index is 13.4. The highest BCUT2D eigenvalue weighted by Gasteiger charge is 2.33. The number of aliphatic hydroxyl groups excluding tert-OH is 1. The predicted molar refractivity (Wildman–Crippen MR) is 102 cm³/mol. The Hall–Kier alpha value is -3.12. The smallest absolute Gasteiger partial charge is 0.262 e. The van der Waals surface area contributed by atoms with Gasteiger partial charge in [-0.15, -0.1) is 0 Å². The van der Waals surface area contributed by atoms with Crippen molar-refractivity contribution >= 4 is 16.6 Å². The topological polar surface area (TPSA) is 77.8 Å². The van der Waals surface area contributed by atoms with Gasteiger partial charge in [0.25, 0.3) is 5.56 Å². The van der Waals surface area contributed by atoms with E-state index in [-0.39, 0.29) is 29.0 Å². The van der Waals surface area contributed by atoms with Crippen molar-refractivity contribution in [1.29, 1.82) is 0 Å². The van der Waals surface area contributed by atoms with E-state index in [1.807, 2.05) is 12.1 Å². The molecule has 0 spiro atoms. The summed E-state index contributed by atoms with van der Waals surface area (Å²) in [4.78, 5) is 26.5. The number of hydrogen-bond acceptors (Lipinski definition) is 5. The van der Waals surface area contributed by atoms with Gasteiger partial charge in [0.2, 0.25) is 0 Å². The van der Waals surface area contributed by atoms with Crippen molar-refractivity contribution in [1.82, 2.24) is 4.57 Å². The SMILES string of the molecule is COc1ccc2c3c(n(C[C@@H](C)O)c(=O)c2c1OC)-c1ccccc1C3=O. The Balaban J connectivity index is 2.23. The number of rotatable bonds is 4. The number of pyridine rings is 1. The molecule has 3 aromatic rings. The lowest BCUT2D eigenvalue weighted by Gasteiger charge is -2.18. The van der Waals surface area contributed by atoms with E-state index >= 15 is 0 Å². The molecule has 138 valence electrons. The van der Waals surface area contributed by atoms with Gasteiger partial charge in [-0.2, -0.15) is 0 Å². The number of hydrogen-bond donors (Lipinski definition) is 1. The first-order valence-corrected chi connectivity index (χ1v) is 8.63. The average molecular weight is 365 g/mol. The van der Waals surface area contributed by atoms with Crippen LogP contribution in [-0.2, 0) is 6.54 Å². The zero-order valence-electron chi connectivity index (χ0n) is 15.3. The van der Waals surface area contributed by atoms with Crippen LogP contribution >= 0.6 is 0 Å². The van der Waals surface area contributed by atoms with Gasteiger partial charge in [-0.25, -0.2) is 0 Å². The standard InChI is InChI=1S/C21H19NO5/c1-11(23)10-22-18-12-6-4-5-7-13(12)19(24)16(18)14-8-9-15(26-2)20(27-3)17(14)21(22)25/h4-9,11,23H,10H2,1-3H3/t11-/m1/s1. The molecule has 6 heteroatoms. The van der Waals surface area contributed by atoms with E-state index in [9.17, 15) is 14.7 Å². The fraction of sp³-hybridized carbons (Fsp3) is 0.238. The molecule has 0 saturated carbocycles. The fourth-order valence-corrected chi connectivity index (χ4v) is 3.82. The van der Waals surface area contributed by atoms with Gasteiger partial charge in [0.15, 0.2) is 17.3 Å². The summed E-state index contributed by atoms with van der Waals surface area (Å²) < 4.78 is 12.2. The molecule has 1 aliphatic rings. The average Bonchev–Trinajstić information content (AvgIpc) is 2.96. The summed E-state index contributed by atoms with van der Waals surface area (Å²) in [5, 5.41) is 10.8. The zero-order chi connectivity index (χ0) is 19.3. The van der Waals surface area contributed by atoms with E-state index in [2.05, 4.69) is 0 Å². The number of nitrogens with zero attached hydrogens (tertiary/aromatic N) is 1. The van der Waals surface area contributed by atoms with Gasteiger partial charge in [-0.1, -0.05) is 24.3 Å². The summed E-state index contributed by atoms with van der Waals surface area (Å²) >= 11 is 0. The van der Waals surface area contributed by atoms with Crippen LogP contribution in [0.25, 0.3) is 22.0 Å². The molecule has 1 atom stereocenters. The summed E-state index contributed by atoms with van der Waals surface area (Å²) in [5.74, 6) is 0.552. The second-order valence-corrected chi connectivity index (χ2v) is 6.59. The molecule has 0 fully saturated rings. The van der Waals surface area contributed by atoms with Crippen molar-refractivity contribution in [2.24, 2.45) is 0 Å². The van der Waals surface area contributed by atoms with Crippen LogP contribution in [0.3, 0.4) is 0 Å². The number of aromatic nitrogens is 1. The van der Waals surface area contributed by atoms with Crippen molar-refractivity contribution in [2.75, 3.05) is 14.2 Å². The Kier molecular flexibility index (Phi) is 4.00. The van der Waals surface area contributed by atoms with E-state index < -0.39 is 6.10 Å². The van der Waals surface area contributed by atoms with Crippen LogP contribution in [0.5, 0.6) is 11.5 Å². The van der Waals surface area contributed by atoms with Gasteiger partial charge in [-0.05, 0) is 19.1 Å². The molecular weight excluding hydrogens is 346 g/mol. The van der Waals surface area contributed by atoms with Crippen LogP contribution in [-0.4, -0.2) is 35.8 Å². The molecule has 6 nitrogen and oxygen atoms in total. The van der Waals surface area contributed by atoms with Gasteiger partial charge in [0, 0.05) is 16.5 Å². The minimum Gasteiger partial charge on any atom is -0.493 e. The van der Waals surface area contributed by atoms with Crippen LogP contribution in [0.4, 0.5) is 0 Å². The molecule has 1 N–H and O–H groups in total. The van der Waals surface area contributed by atoms with Crippen LogP contribution in [0.2, 0.25) is 0 Å². The highest BCUT2D eigenvalue weighted by molar-refractivity contribution is 6.27. The minimum absolute atomic E-state index is 0.0685. The van der Waals surface area contributed by atoms with Crippen LogP contribution in [0.15, 0.2) is 41.2 Å². The highest BCUT2D eigenvalue weighted by Crippen LogP contribution is 2.42. The zero-order valence-corrected chi connectivity index (χ0v) is 15.3. The lowest BCUT2D eigenvalue weighted by atomic mass is 10.0. The number of aliphatic hydroxyl groups is 1. The molecule has 1 heterocycles. The molecule has 27 heavy (non-hydrogen) atoms. The van der Waals surface area contributed by atoms with E-state index in [1.165, 1.54) is 18.8 Å². The number of ketones is 1. The molecule has 1 aliphatic carbocycles. The minimum atomic E-state index is -0.760.